The highest BCUT2D eigenvalue weighted by molar-refractivity contribution is 7.18. The maximum absolute atomic E-state index is 5.84. The molecule has 0 bridgehead atoms. The summed E-state index contributed by atoms with van der Waals surface area (Å²) in [4.78, 5) is 4.63. The molecule has 0 atom stereocenters. The van der Waals surface area contributed by atoms with Crippen molar-refractivity contribution in [3.05, 3.63) is 52.9 Å². The van der Waals surface area contributed by atoms with E-state index in [1.54, 1.807) is 11.3 Å². The van der Waals surface area contributed by atoms with Gasteiger partial charge in [-0.2, -0.15) is 0 Å². The van der Waals surface area contributed by atoms with Crippen LogP contribution in [0.3, 0.4) is 0 Å². The third-order valence-electron chi connectivity index (χ3n) is 3.07. The fraction of sp³-hybridized carbons (Fsp3) is 0.312. The van der Waals surface area contributed by atoms with Crippen LogP contribution in [-0.4, -0.2) is 11.0 Å². The number of fused-ring (bicyclic) bond motifs is 1. The molecule has 0 saturated heterocycles. The van der Waals surface area contributed by atoms with Crippen molar-refractivity contribution in [1.82, 2.24) is 10.3 Å². The molecule has 2 heterocycles. The fourth-order valence-electron chi connectivity index (χ4n) is 2.06. The minimum atomic E-state index is 0.466. The highest BCUT2D eigenvalue weighted by Crippen LogP contribution is 2.24. The van der Waals surface area contributed by atoms with Crippen molar-refractivity contribution in [1.29, 1.82) is 0 Å². The molecular formula is C16H18N2OS. The summed E-state index contributed by atoms with van der Waals surface area (Å²) in [6, 6.07) is 12.8. The number of nitrogens with zero attached hydrogens (tertiary/aromatic N) is 1. The molecule has 2 aromatic heterocycles. The lowest BCUT2D eigenvalue weighted by atomic mass is 10.3. The zero-order valence-corrected chi connectivity index (χ0v) is 12.5. The van der Waals surface area contributed by atoms with Gasteiger partial charge in [0, 0.05) is 6.04 Å². The van der Waals surface area contributed by atoms with Gasteiger partial charge in [-0.3, -0.25) is 0 Å². The smallest absolute Gasteiger partial charge is 0.117 e. The molecular weight excluding hydrogens is 268 g/mol. The van der Waals surface area contributed by atoms with Crippen LogP contribution in [-0.2, 0) is 13.0 Å². The predicted octanol–water partition coefficient (Wildman–Crippen LogP) is 3.98. The molecule has 0 radical (unpaired) electrons. The van der Waals surface area contributed by atoms with Gasteiger partial charge in [-0.1, -0.05) is 26.0 Å². The number of thiazole rings is 1. The van der Waals surface area contributed by atoms with Gasteiger partial charge in [0.05, 0.1) is 23.2 Å². The number of aromatic nitrogens is 1. The summed E-state index contributed by atoms with van der Waals surface area (Å²) in [5.74, 6) is 1.96. The molecule has 0 saturated carbocycles. The predicted molar refractivity (Wildman–Crippen MR) is 83.1 cm³/mol. The van der Waals surface area contributed by atoms with Crippen LogP contribution in [0.25, 0.3) is 10.2 Å². The van der Waals surface area contributed by atoms with E-state index in [0.29, 0.717) is 6.04 Å². The van der Waals surface area contributed by atoms with Crippen molar-refractivity contribution in [3.63, 3.8) is 0 Å². The first-order valence-corrected chi connectivity index (χ1v) is 7.68. The normalized spacial score (nSPS) is 11.6. The lowest BCUT2D eigenvalue weighted by Crippen LogP contribution is -2.21. The summed E-state index contributed by atoms with van der Waals surface area (Å²) in [7, 11) is 0. The standard InChI is InChI=1S/C16H18N2OS/c1-11(2)17-10-13-8-7-12(19-13)9-16-18-14-5-3-4-6-15(14)20-16/h3-8,11,17H,9-10H2,1-2H3. The largest absolute Gasteiger partial charge is 0.464 e. The van der Waals surface area contributed by atoms with Crippen LogP contribution in [0.2, 0.25) is 0 Å². The third kappa shape index (κ3) is 3.08. The van der Waals surface area contributed by atoms with Gasteiger partial charge in [-0.05, 0) is 24.3 Å². The van der Waals surface area contributed by atoms with Crippen molar-refractivity contribution in [2.45, 2.75) is 32.9 Å². The quantitative estimate of drug-likeness (QED) is 0.771. The Kier molecular flexibility index (Phi) is 3.85. The van der Waals surface area contributed by atoms with Crippen molar-refractivity contribution in [3.8, 4) is 0 Å². The first-order valence-electron chi connectivity index (χ1n) is 6.86. The molecule has 3 rings (SSSR count). The second-order valence-corrected chi connectivity index (χ2v) is 6.27. The van der Waals surface area contributed by atoms with E-state index < -0.39 is 0 Å². The lowest BCUT2D eigenvalue weighted by molar-refractivity contribution is 0.441. The van der Waals surface area contributed by atoms with Crippen LogP contribution in [0, 0.1) is 0 Å². The van der Waals surface area contributed by atoms with Crippen molar-refractivity contribution >= 4 is 21.6 Å². The average molecular weight is 286 g/mol. The van der Waals surface area contributed by atoms with Gasteiger partial charge in [0.2, 0.25) is 0 Å². The molecule has 0 aliphatic heterocycles. The van der Waals surface area contributed by atoms with E-state index in [9.17, 15) is 0 Å². The number of furan rings is 1. The number of rotatable bonds is 5. The number of hydrogen-bond donors (Lipinski definition) is 1. The molecule has 4 heteroatoms. The van der Waals surface area contributed by atoms with Gasteiger partial charge >= 0.3 is 0 Å². The summed E-state index contributed by atoms with van der Waals surface area (Å²) < 4.78 is 7.07. The minimum absolute atomic E-state index is 0.466. The average Bonchev–Trinajstić information content (AvgIpc) is 3.02. The van der Waals surface area contributed by atoms with E-state index in [1.807, 2.05) is 24.3 Å². The topological polar surface area (TPSA) is 38.1 Å². The molecule has 0 unspecified atom stereocenters. The van der Waals surface area contributed by atoms with E-state index in [2.05, 4.69) is 36.3 Å². The summed E-state index contributed by atoms with van der Waals surface area (Å²) in [5.41, 5.74) is 1.07. The van der Waals surface area contributed by atoms with Crippen molar-refractivity contribution in [2.24, 2.45) is 0 Å². The zero-order chi connectivity index (χ0) is 13.9. The lowest BCUT2D eigenvalue weighted by Gasteiger charge is -2.04. The highest BCUT2D eigenvalue weighted by Gasteiger charge is 2.08. The molecule has 0 aliphatic carbocycles. The van der Waals surface area contributed by atoms with Crippen molar-refractivity contribution < 1.29 is 4.42 Å². The Morgan fingerprint density at radius 3 is 2.75 bits per heavy atom. The van der Waals surface area contributed by atoms with E-state index in [-0.39, 0.29) is 0 Å². The summed E-state index contributed by atoms with van der Waals surface area (Å²) in [6.45, 7) is 5.04. The molecule has 1 aromatic carbocycles. The fourth-order valence-corrected chi connectivity index (χ4v) is 3.04. The summed E-state index contributed by atoms with van der Waals surface area (Å²) >= 11 is 1.73. The molecule has 3 nitrogen and oxygen atoms in total. The van der Waals surface area contributed by atoms with Crippen LogP contribution in [0.15, 0.2) is 40.8 Å². The summed E-state index contributed by atoms with van der Waals surface area (Å²) in [5, 5.41) is 4.45. The second-order valence-electron chi connectivity index (χ2n) is 5.16. The Balaban J connectivity index is 1.71. The first kappa shape index (κ1) is 13.3. The second kappa shape index (κ2) is 5.77. The van der Waals surface area contributed by atoms with Crippen LogP contribution >= 0.6 is 11.3 Å². The summed E-state index contributed by atoms with van der Waals surface area (Å²) in [6.07, 6.45) is 0.765. The number of nitrogens with one attached hydrogen (secondary N) is 1. The van der Waals surface area contributed by atoms with E-state index >= 15 is 0 Å². The number of hydrogen-bond acceptors (Lipinski definition) is 4. The van der Waals surface area contributed by atoms with Crippen LogP contribution in [0.5, 0.6) is 0 Å². The Labute approximate surface area is 122 Å². The molecule has 1 N–H and O–H groups in total. The maximum atomic E-state index is 5.84. The van der Waals surface area contributed by atoms with Crippen LogP contribution in [0.1, 0.15) is 30.4 Å². The molecule has 0 amide bonds. The highest BCUT2D eigenvalue weighted by atomic mass is 32.1. The first-order chi connectivity index (χ1) is 9.70. The SMILES string of the molecule is CC(C)NCc1ccc(Cc2nc3ccccc3s2)o1. The van der Waals surface area contributed by atoms with E-state index in [4.69, 9.17) is 4.42 Å². The van der Waals surface area contributed by atoms with Crippen molar-refractivity contribution in [2.75, 3.05) is 0 Å². The Morgan fingerprint density at radius 1 is 1.15 bits per heavy atom. The van der Waals surface area contributed by atoms with Gasteiger partial charge in [-0.15, -0.1) is 11.3 Å². The molecule has 0 spiro atoms. The van der Waals surface area contributed by atoms with Gasteiger partial charge < -0.3 is 9.73 Å². The molecule has 104 valence electrons. The zero-order valence-electron chi connectivity index (χ0n) is 11.7. The van der Waals surface area contributed by atoms with Gasteiger partial charge in [0.15, 0.2) is 0 Å². The van der Waals surface area contributed by atoms with E-state index in [0.717, 1.165) is 35.0 Å². The Hall–Kier alpha value is -1.65. The monoisotopic (exact) mass is 286 g/mol. The molecule has 0 aliphatic rings. The van der Waals surface area contributed by atoms with Gasteiger partial charge in [0.1, 0.15) is 16.5 Å². The van der Waals surface area contributed by atoms with Gasteiger partial charge in [0.25, 0.3) is 0 Å². The molecule has 20 heavy (non-hydrogen) atoms. The third-order valence-corrected chi connectivity index (χ3v) is 4.10. The Bertz CT molecular complexity index is 666. The minimum Gasteiger partial charge on any atom is -0.464 e. The molecule has 3 aromatic rings. The van der Waals surface area contributed by atoms with Crippen LogP contribution in [0.4, 0.5) is 0 Å². The van der Waals surface area contributed by atoms with Crippen LogP contribution < -0.4 is 5.32 Å². The Morgan fingerprint density at radius 2 is 1.95 bits per heavy atom. The number of benzene rings is 1. The van der Waals surface area contributed by atoms with E-state index in [1.165, 1.54) is 4.70 Å². The molecule has 0 fully saturated rings. The maximum Gasteiger partial charge on any atom is 0.117 e. The number of para-hydroxylation sites is 1. The van der Waals surface area contributed by atoms with Gasteiger partial charge in [-0.25, -0.2) is 4.98 Å².